The molecule has 5 aromatic carbocycles. The third-order valence-corrected chi connectivity index (χ3v) is 7.43. The smallest absolute Gasteiger partial charge is 0.196 e. The number of phenols is 1. The molecule has 1 aromatic heterocycles. The number of ether oxygens (including phenoxy) is 1. The van der Waals surface area contributed by atoms with Gasteiger partial charge in [0.2, 0.25) is 0 Å². The Bertz CT molecular complexity index is 2000. The lowest BCUT2D eigenvalue weighted by molar-refractivity contribution is 0.104. The Labute approximate surface area is 250 Å². The molecule has 7 rings (SSSR count). The molecule has 0 spiro atoms. The third-order valence-electron chi connectivity index (χ3n) is 7.43. The van der Waals surface area contributed by atoms with Gasteiger partial charge in [-0.1, -0.05) is 86.1 Å². The summed E-state index contributed by atoms with van der Waals surface area (Å²) < 4.78 is 6.52. The zero-order valence-corrected chi connectivity index (χ0v) is 24.5. The number of ketones is 1. The average molecular weight is 566 g/mol. The highest BCUT2D eigenvalue weighted by Crippen LogP contribution is 2.49. The standard InChI is InChI=1S/C35H25N3O3.C2H6/c1-20-16-17-28(21(2)18-20)41-29-19-26(36-22-10-4-3-5-11-22)31-32-30(23-12-6-7-13-24(23)35(31)40)33(37-38-34(29)32)25-14-8-9-15-27(25)39;1-2/h3-19,36,39H,1-2H3;1-2H3. The van der Waals surface area contributed by atoms with Crippen LogP contribution in [0.3, 0.4) is 0 Å². The molecule has 0 radical (unpaired) electrons. The van der Waals surface area contributed by atoms with Crippen molar-refractivity contribution in [3.63, 3.8) is 0 Å². The molecular formula is C37H31N3O3. The fourth-order valence-corrected chi connectivity index (χ4v) is 5.54. The number of carbonyl (C=O) groups is 1. The lowest BCUT2D eigenvalue weighted by Crippen LogP contribution is -2.15. The fraction of sp³-hybridized carbons (Fsp3) is 0.108. The molecule has 2 N–H and O–H groups in total. The Hall–Kier alpha value is -5.49. The summed E-state index contributed by atoms with van der Waals surface area (Å²) in [6, 6.07) is 32.1. The summed E-state index contributed by atoms with van der Waals surface area (Å²) in [6.45, 7) is 8.04. The van der Waals surface area contributed by atoms with E-state index < -0.39 is 0 Å². The van der Waals surface area contributed by atoms with Crippen LogP contribution >= 0.6 is 0 Å². The van der Waals surface area contributed by atoms with Crippen LogP contribution in [0.5, 0.6) is 17.2 Å². The first kappa shape index (κ1) is 27.7. The maximum absolute atomic E-state index is 14.2. The summed E-state index contributed by atoms with van der Waals surface area (Å²) in [5.41, 5.74) is 7.53. The van der Waals surface area contributed by atoms with Gasteiger partial charge in [-0.3, -0.25) is 4.79 Å². The van der Waals surface area contributed by atoms with E-state index in [2.05, 4.69) is 21.6 Å². The number of carbonyl (C=O) groups excluding carboxylic acids is 1. The molecule has 0 aliphatic heterocycles. The van der Waals surface area contributed by atoms with Gasteiger partial charge in [0, 0.05) is 33.8 Å². The number of fused-ring (bicyclic) bond motifs is 2. The molecule has 0 fully saturated rings. The molecule has 1 heterocycles. The molecule has 1 aliphatic rings. The van der Waals surface area contributed by atoms with Crippen molar-refractivity contribution >= 4 is 28.1 Å². The van der Waals surface area contributed by atoms with E-state index in [1.54, 1.807) is 18.2 Å². The first-order valence-corrected chi connectivity index (χ1v) is 14.4. The van der Waals surface area contributed by atoms with Gasteiger partial charge in [-0.2, -0.15) is 0 Å². The first-order chi connectivity index (χ1) is 21.0. The number of rotatable bonds is 5. The fourth-order valence-electron chi connectivity index (χ4n) is 5.54. The van der Waals surface area contributed by atoms with E-state index in [9.17, 15) is 9.90 Å². The highest BCUT2D eigenvalue weighted by Gasteiger charge is 2.33. The zero-order valence-electron chi connectivity index (χ0n) is 24.5. The van der Waals surface area contributed by atoms with Crippen LogP contribution in [0.25, 0.3) is 33.3 Å². The summed E-state index contributed by atoms with van der Waals surface area (Å²) in [5.74, 6) is 1.12. The summed E-state index contributed by atoms with van der Waals surface area (Å²) in [7, 11) is 0. The number of aryl methyl sites for hydroxylation is 2. The van der Waals surface area contributed by atoms with Crippen molar-refractivity contribution in [2.75, 3.05) is 5.32 Å². The molecule has 43 heavy (non-hydrogen) atoms. The van der Waals surface area contributed by atoms with E-state index in [0.29, 0.717) is 50.5 Å². The minimum atomic E-state index is -0.120. The molecule has 6 aromatic rings. The largest absolute Gasteiger partial charge is 0.507 e. The zero-order chi connectivity index (χ0) is 30.1. The lowest BCUT2D eigenvalue weighted by atomic mass is 9.81. The van der Waals surface area contributed by atoms with Crippen LogP contribution < -0.4 is 10.1 Å². The monoisotopic (exact) mass is 565 g/mol. The Morgan fingerprint density at radius 3 is 2.09 bits per heavy atom. The predicted molar refractivity (Wildman–Crippen MR) is 173 cm³/mol. The third kappa shape index (κ3) is 4.87. The van der Waals surface area contributed by atoms with Gasteiger partial charge >= 0.3 is 0 Å². The Kier molecular flexibility index (Phi) is 7.34. The number of hydrogen-bond acceptors (Lipinski definition) is 6. The summed E-state index contributed by atoms with van der Waals surface area (Å²) in [5, 5.41) is 24.2. The second-order valence-electron chi connectivity index (χ2n) is 10.2. The predicted octanol–water partition coefficient (Wildman–Crippen LogP) is 9.39. The van der Waals surface area contributed by atoms with Gasteiger partial charge in [-0.25, -0.2) is 0 Å². The van der Waals surface area contributed by atoms with Crippen molar-refractivity contribution in [1.82, 2.24) is 10.2 Å². The van der Waals surface area contributed by atoms with E-state index >= 15 is 0 Å². The van der Waals surface area contributed by atoms with Gasteiger partial charge < -0.3 is 15.2 Å². The van der Waals surface area contributed by atoms with Crippen LogP contribution in [0.4, 0.5) is 11.4 Å². The highest BCUT2D eigenvalue weighted by atomic mass is 16.5. The van der Waals surface area contributed by atoms with E-state index in [-0.39, 0.29) is 11.5 Å². The van der Waals surface area contributed by atoms with Crippen LogP contribution in [-0.4, -0.2) is 21.1 Å². The number of nitrogens with one attached hydrogen (secondary N) is 1. The molecule has 0 saturated carbocycles. The van der Waals surface area contributed by atoms with Crippen LogP contribution in [-0.2, 0) is 0 Å². The normalized spacial score (nSPS) is 11.4. The van der Waals surface area contributed by atoms with Gasteiger partial charge in [-0.05, 0) is 55.3 Å². The summed E-state index contributed by atoms with van der Waals surface area (Å²) >= 11 is 0. The molecule has 6 heteroatoms. The number of anilines is 2. The van der Waals surface area contributed by atoms with Crippen LogP contribution in [0.15, 0.2) is 103 Å². The van der Waals surface area contributed by atoms with Gasteiger partial charge in [0.05, 0.1) is 11.3 Å². The Morgan fingerprint density at radius 1 is 0.698 bits per heavy atom. The molecule has 0 saturated heterocycles. The maximum Gasteiger partial charge on any atom is 0.196 e. The molecule has 0 amide bonds. The van der Waals surface area contributed by atoms with Crippen LogP contribution in [0.1, 0.15) is 40.9 Å². The van der Waals surface area contributed by atoms with Crippen molar-refractivity contribution in [3.8, 4) is 39.6 Å². The van der Waals surface area contributed by atoms with E-state index in [4.69, 9.17) is 4.74 Å². The van der Waals surface area contributed by atoms with Crippen molar-refractivity contribution in [1.29, 1.82) is 0 Å². The van der Waals surface area contributed by atoms with Gasteiger partial charge in [0.15, 0.2) is 11.5 Å². The molecular weight excluding hydrogens is 534 g/mol. The number of aromatic hydroxyl groups is 1. The van der Waals surface area contributed by atoms with Crippen LogP contribution in [0, 0.1) is 13.8 Å². The SMILES string of the molecule is CC.Cc1ccc(Oc2cc(Nc3ccccc3)c3c4c(c(-c5ccccc5O)nnc24)-c2ccccc2C3=O)c(C)c1. The van der Waals surface area contributed by atoms with Gasteiger partial charge in [0.1, 0.15) is 22.7 Å². The second kappa shape index (κ2) is 11.4. The number of phenolic OH excluding ortho intramolecular Hbond substituents is 1. The maximum atomic E-state index is 14.2. The number of aromatic nitrogens is 2. The molecule has 212 valence electrons. The van der Waals surface area contributed by atoms with Crippen molar-refractivity contribution in [3.05, 3.63) is 125 Å². The minimum absolute atomic E-state index is 0.0821. The Balaban J connectivity index is 0.00000161. The minimum Gasteiger partial charge on any atom is -0.507 e. The average Bonchev–Trinajstić information content (AvgIpc) is 3.03. The first-order valence-electron chi connectivity index (χ1n) is 14.4. The number of hydrogen-bond donors (Lipinski definition) is 2. The number of benzene rings is 5. The van der Waals surface area contributed by atoms with Crippen molar-refractivity contribution < 1.29 is 14.6 Å². The molecule has 0 atom stereocenters. The molecule has 1 aliphatic carbocycles. The van der Waals surface area contributed by atoms with Gasteiger partial charge in [0.25, 0.3) is 0 Å². The molecule has 6 nitrogen and oxygen atoms in total. The number of nitrogens with zero attached hydrogens (tertiary/aromatic N) is 2. The molecule has 0 unspecified atom stereocenters. The quantitative estimate of drug-likeness (QED) is 0.216. The van der Waals surface area contributed by atoms with E-state index in [1.807, 2.05) is 107 Å². The summed E-state index contributed by atoms with van der Waals surface area (Å²) in [4.78, 5) is 14.2. The Morgan fingerprint density at radius 2 is 1.37 bits per heavy atom. The van der Waals surface area contributed by atoms with Crippen molar-refractivity contribution in [2.24, 2.45) is 0 Å². The van der Waals surface area contributed by atoms with Gasteiger partial charge in [-0.15, -0.1) is 10.2 Å². The number of para-hydroxylation sites is 2. The topological polar surface area (TPSA) is 84.3 Å². The summed E-state index contributed by atoms with van der Waals surface area (Å²) in [6.07, 6.45) is 0. The second-order valence-corrected chi connectivity index (χ2v) is 10.2. The van der Waals surface area contributed by atoms with E-state index in [1.165, 1.54) is 0 Å². The highest BCUT2D eigenvalue weighted by molar-refractivity contribution is 6.30. The van der Waals surface area contributed by atoms with Crippen molar-refractivity contribution in [2.45, 2.75) is 27.7 Å². The molecule has 0 bridgehead atoms. The lowest BCUT2D eigenvalue weighted by Gasteiger charge is -2.25. The van der Waals surface area contributed by atoms with E-state index in [0.717, 1.165) is 27.9 Å². The van der Waals surface area contributed by atoms with Crippen LogP contribution in [0.2, 0.25) is 0 Å².